The predicted molar refractivity (Wildman–Crippen MR) is 110 cm³/mol. The number of benzene rings is 2. The van der Waals surface area contributed by atoms with E-state index in [0.29, 0.717) is 13.0 Å². The summed E-state index contributed by atoms with van der Waals surface area (Å²) >= 11 is 3.42. The van der Waals surface area contributed by atoms with Gasteiger partial charge in [-0.05, 0) is 61.6 Å². The summed E-state index contributed by atoms with van der Waals surface area (Å²) in [4.78, 5) is 25.3. The van der Waals surface area contributed by atoms with E-state index in [1.54, 1.807) is 12.1 Å². The minimum Gasteiger partial charge on any atom is -0.481 e. The van der Waals surface area contributed by atoms with Crippen molar-refractivity contribution in [3.8, 4) is 0 Å². The quantitative estimate of drug-likeness (QED) is 0.530. The standard InChI is InChI=1S/C22H25BrFNO3/c1-16(18-9-11-19(23)12-10-18)25(21(26)5-2-6-22(27)28)15-3-4-17-7-13-20(24)14-8-17/h7-14,16H,2-6,15H2,1H3,(H,27,28)/t16-/m0/s1. The number of nitrogens with zero attached hydrogens (tertiary/aromatic N) is 1. The summed E-state index contributed by atoms with van der Waals surface area (Å²) in [5.41, 5.74) is 2.05. The van der Waals surface area contributed by atoms with Crippen molar-refractivity contribution in [2.24, 2.45) is 0 Å². The molecule has 150 valence electrons. The van der Waals surface area contributed by atoms with Crippen LogP contribution in [0.4, 0.5) is 4.39 Å². The van der Waals surface area contributed by atoms with Gasteiger partial charge in [-0.3, -0.25) is 9.59 Å². The number of carbonyl (C=O) groups excluding carboxylic acids is 1. The lowest BCUT2D eigenvalue weighted by atomic mass is 10.0. The Morgan fingerprint density at radius 3 is 2.29 bits per heavy atom. The van der Waals surface area contributed by atoms with E-state index in [1.807, 2.05) is 36.1 Å². The third kappa shape index (κ3) is 7.08. The van der Waals surface area contributed by atoms with Gasteiger partial charge in [0, 0.05) is 23.9 Å². The van der Waals surface area contributed by atoms with Crippen LogP contribution in [0.25, 0.3) is 0 Å². The Morgan fingerprint density at radius 2 is 1.68 bits per heavy atom. The monoisotopic (exact) mass is 449 g/mol. The first-order valence-corrected chi connectivity index (χ1v) is 10.2. The van der Waals surface area contributed by atoms with Crippen LogP contribution in [0.1, 0.15) is 49.8 Å². The van der Waals surface area contributed by atoms with Crippen molar-refractivity contribution in [3.05, 3.63) is 69.9 Å². The molecule has 1 N–H and O–H groups in total. The second-order valence-corrected chi connectivity index (χ2v) is 7.71. The van der Waals surface area contributed by atoms with Crippen LogP contribution in [0.3, 0.4) is 0 Å². The fourth-order valence-electron chi connectivity index (χ4n) is 3.09. The zero-order valence-corrected chi connectivity index (χ0v) is 17.5. The molecule has 2 aromatic rings. The summed E-state index contributed by atoms with van der Waals surface area (Å²) in [5.74, 6) is -1.20. The largest absolute Gasteiger partial charge is 0.481 e. The number of hydrogen-bond donors (Lipinski definition) is 1. The lowest BCUT2D eigenvalue weighted by Gasteiger charge is -2.30. The fraction of sp³-hybridized carbons (Fsp3) is 0.364. The zero-order chi connectivity index (χ0) is 20.5. The highest BCUT2D eigenvalue weighted by Gasteiger charge is 2.21. The number of hydrogen-bond acceptors (Lipinski definition) is 2. The summed E-state index contributed by atoms with van der Waals surface area (Å²) in [5, 5.41) is 8.81. The summed E-state index contributed by atoms with van der Waals surface area (Å²) in [6.07, 6.45) is 2.02. The Hall–Kier alpha value is -2.21. The van der Waals surface area contributed by atoms with Crippen LogP contribution >= 0.6 is 15.9 Å². The van der Waals surface area contributed by atoms with Gasteiger partial charge in [-0.2, -0.15) is 0 Å². The topological polar surface area (TPSA) is 57.6 Å². The first-order valence-electron chi connectivity index (χ1n) is 9.38. The molecule has 0 radical (unpaired) electrons. The van der Waals surface area contributed by atoms with Crippen LogP contribution < -0.4 is 0 Å². The first-order chi connectivity index (χ1) is 13.4. The van der Waals surface area contributed by atoms with Crippen molar-refractivity contribution >= 4 is 27.8 Å². The Kier molecular flexibility index (Phi) is 8.64. The van der Waals surface area contributed by atoms with E-state index in [1.165, 1.54) is 12.1 Å². The number of aryl methyl sites for hydroxylation is 1. The second-order valence-electron chi connectivity index (χ2n) is 6.79. The molecular weight excluding hydrogens is 425 g/mol. The summed E-state index contributed by atoms with van der Waals surface area (Å²) in [6, 6.07) is 14.1. The molecule has 4 nitrogen and oxygen atoms in total. The van der Waals surface area contributed by atoms with Crippen LogP contribution in [-0.2, 0) is 16.0 Å². The Labute approximate surface area is 173 Å². The van der Waals surface area contributed by atoms with E-state index in [2.05, 4.69) is 15.9 Å². The van der Waals surface area contributed by atoms with Crippen molar-refractivity contribution in [1.82, 2.24) is 4.90 Å². The molecule has 0 heterocycles. The average Bonchev–Trinajstić information content (AvgIpc) is 2.66. The molecule has 2 aromatic carbocycles. The molecule has 0 aromatic heterocycles. The second kappa shape index (κ2) is 11.0. The highest BCUT2D eigenvalue weighted by molar-refractivity contribution is 9.10. The molecular formula is C22H25BrFNO3. The van der Waals surface area contributed by atoms with Gasteiger partial charge in [0.15, 0.2) is 0 Å². The highest BCUT2D eigenvalue weighted by Crippen LogP contribution is 2.24. The number of rotatable bonds is 10. The molecule has 0 aliphatic heterocycles. The van der Waals surface area contributed by atoms with E-state index in [-0.39, 0.29) is 30.6 Å². The molecule has 0 spiro atoms. The van der Waals surface area contributed by atoms with Gasteiger partial charge in [0.2, 0.25) is 5.91 Å². The van der Waals surface area contributed by atoms with Crippen LogP contribution in [0.15, 0.2) is 53.0 Å². The SMILES string of the molecule is C[C@@H](c1ccc(Br)cc1)N(CCCc1ccc(F)cc1)C(=O)CCCC(=O)O. The molecule has 0 saturated heterocycles. The minimum absolute atomic E-state index is 0.0121. The molecule has 28 heavy (non-hydrogen) atoms. The van der Waals surface area contributed by atoms with E-state index in [0.717, 1.165) is 28.4 Å². The van der Waals surface area contributed by atoms with Crippen molar-refractivity contribution in [2.45, 2.75) is 45.1 Å². The van der Waals surface area contributed by atoms with E-state index in [9.17, 15) is 14.0 Å². The molecule has 0 unspecified atom stereocenters. The predicted octanol–water partition coefficient (Wildman–Crippen LogP) is 5.37. The zero-order valence-electron chi connectivity index (χ0n) is 15.9. The number of halogens is 2. The summed E-state index contributed by atoms with van der Waals surface area (Å²) in [6.45, 7) is 2.54. The van der Waals surface area contributed by atoms with Crippen LogP contribution in [0, 0.1) is 5.82 Å². The van der Waals surface area contributed by atoms with Gasteiger partial charge in [0.25, 0.3) is 0 Å². The van der Waals surface area contributed by atoms with Crippen LogP contribution in [0.2, 0.25) is 0 Å². The molecule has 2 rings (SSSR count). The lowest BCUT2D eigenvalue weighted by Crippen LogP contribution is -2.34. The van der Waals surface area contributed by atoms with Crippen LogP contribution in [-0.4, -0.2) is 28.4 Å². The number of amides is 1. The van der Waals surface area contributed by atoms with Gasteiger partial charge < -0.3 is 10.0 Å². The molecule has 0 bridgehead atoms. The molecule has 1 atom stereocenters. The minimum atomic E-state index is -0.892. The van der Waals surface area contributed by atoms with Gasteiger partial charge in [-0.1, -0.05) is 40.2 Å². The fourth-order valence-corrected chi connectivity index (χ4v) is 3.36. The van der Waals surface area contributed by atoms with Crippen molar-refractivity contribution in [2.75, 3.05) is 6.54 Å². The molecule has 0 aliphatic carbocycles. The third-order valence-electron chi connectivity index (χ3n) is 4.70. The van der Waals surface area contributed by atoms with Gasteiger partial charge in [0.05, 0.1) is 6.04 Å². The maximum Gasteiger partial charge on any atom is 0.303 e. The van der Waals surface area contributed by atoms with E-state index < -0.39 is 5.97 Å². The first kappa shape index (κ1) is 22.1. The number of carboxylic acids is 1. The Bertz CT molecular complexity index is 777. The maximum absolute atomic E-state index is 13.0. The normalized spacial score (nSPS) is 11.8. The highest BCUT2D eigenvalue weighted by atomic mass is 79.9. The van der Waals surface area contributed by atoms with Gasteiger partial charge in [-0.15, -0.1) is 0 Å². The average molecular weight is 450 g/mol. The Morgan fingerprint density at radius 1 is 1.04 bits per heavy atom. The van der Waals surface area contributed by atoms with Crippen LogP contribution in [0.5, 0.6) is 0 Å². The maximum atomic E-state index is 13.0. The smallest absolute Gasteiger partial charge is 0.303 e. The summed E-state index contributed by atoms with van der Waals surface area (Å²) in [7, 11) is 0. The lowest BCUT2D eigenvalue weighted by molar-refractivity contribution is -0.137. The molecule has 1 amide bonds. The summed E-state index contributed by atoms with van der Waals surface area (Å²) < 4.78 is 14.0. The Balaban J connectivity index is 2.03. The van der Waals surface area contributed by atoms with E-state index in [4.69, 9.17) is 5.11 Å². The third-order valence-corrected chi connectivity index (χ3v) is 5.23. The van der Waals surface area contributed by atoms with Gasteiger partial charge >= 0.3 is 5.97 Å². The van der Waals surface area contributed by atoms with Crippen molar-refractivity contribution < 1.29 is 19.1 Å². The van der Waals surface area contributed by atoms with E-state index >= 15 is 0 Å². The number of carbonyl (C=O) groups is 2. The molecule has 0 aliphatic rings. The van der Waals surface area contributed by atoms with Crippen molar-refractivity contribution in [3.63, 3.8) is 0 Å². The van der Waals surface area contributed by atoms with Crippen molar-refractivity contribution in [1.29, 1.82) is 0 Å². The van der Waals surface area contributed by atoms with Gasteiger partial charge in [-0.25, -0.2) is 4.39 Å². The molecule has 0 fully saturated rings. The number of aliphatic carboxylic acids is 1. The molecule has 6 heteroatoms. The number of carboxylic acid groups (broad SMARTS) is 1. The van der Waals surface area contributed by atoms with Gasteiger partial charge in [0.1, 0.15) is 5.82 Å². The molecule has 0 saturated carbocycles.